The molecule has 10 heteroatoms. The minimum Gasteiger partial charge on any atom is -0.467 e. The Labute approximate surface area is 193 Å². The molecule has 8 nitrogen and oxygen atoms in total. The van der Waals surface area contributed by atoms with E-state index in [-0.39, 0.29) is 23.1 Å². The van der Waals surface area contributed by atoms with Crippen LogP contribution >= 0.6 is 24.0 Å². The zero-order chi connectivity index (χ0) is 22.1. The number of ether oxygens (including phenoxy) is 1. The van der Waals surface area contributed by atoms with Gasteiger partial charge in [0.05, 0.1) is 35.9 Å². The average Bonchev–Trinajstić information content (AvgIpc) is 3.55. The third kappa shape index (κ3) is 4.08. The molecule has 32 heavy (non-hydrogen) atoms. The van der Waals surface area contributed by atoms with E-state index in [4.69, 9.17) is 21.4 Å². The van der Waals surface area contributed by atoms with Crippen LogP contribution in [-0.4, -0.2) is 43.8 Å². The van der Waals surface area contributed by atoms with E-state index in [2.05, 4.69) is 10.3 Å². The van der Waals surface area contributed by atoms with Gasteiger partial charge in [0.1, 0.15) is 21.5 Å². The van der Waals surface area contributed by atoms with Gasteiger partial charge in [-0.15, -0.1) is 0 Å². The zero-order valence-corrected chi connectivity index (χ0v) is 18.7. The van der Waals surface area contributed by atoms with Gasteiger partial charge in [-0.3, -0.25) is 18.9 Å². The molecular formula is C22H20N4O4S2. The number of nitrogens with one attached hydrogen (secondary N) is 1. The van der Waals surface area contributed by atoms with Crippen molar-refractivity contribution in [1.29, 1.82) is 0 Å². The first-order valence-corrected chi connectivity index (χ1v) is 11.5. The Morgan fingerprint density at radius 2 is 2.19 bits per heavy atom. The Hall–Kier alpha value is -2.95. The van der Waals surface area contributed by atoms with Crippen molar-refractivity contribution < 1.29 is 13.9 Å². The lowest BCUT2D eigenvalue weighted by Crippen LogP contribution is -2.35. The highest BCUT2D eigenvalue weighted by molar-refractivity contribution is 8.26. The summed E-state index contributed by atoms with van der Waals surface area (Å²) >= 11 is 6.63. The molecule has 0 bridgehead atoms. The van der Waals surface area contributed by atoms with Crippen LogP contribution in [0.3, 0.4) is 0 Å². The summed E-state index contributed by atoms with van der Waals surface area (Å²) in [5.41, 5.74) is 0.516. The van der Waals surface area contributed by atoms with E-state index in [1.165, 1.54) is 16.2 Å². The Bertz CT molecular complexity index is 1260. The lowest BCUT2D eigenvalue weighted by molar-refractivity contribution is -0.123. The maximum Gasteiger partial charge on any atom is 0.267 e. The van der Waals surface area contributed by atoms with Crippen LogP contribution in [0.15, 0.2) is 56.9 Å². The molecular weight excluding hydrogens is 448 g/mol. The first-order chi connectivity index (χ1) is 15.6. The van der Waals surface area contributed by atoms with Crippen molar-refractivity contribution in [1.82, 2.24) is 14.3 Å². The van der Waals surface area contributed by atoms with Gasteiger partial charge >= 0.3 is 0 Å². The Morgan fingerprint density at radius 1 is 1.28 bits per heavy atom. The predicted molar refractivity (Wildman–Crippen MR) is 126 cm³/mol. The van der Waals surface area contributed by atoms with Crippen molar-refractivity contribution in [3.8, 4) is 0 Å². The summed E-state index contributed by atoms with van der Waals surface area (Å²) in [6, 6.07) is 8.95. The van der Waals surface area contributed by atoms with E-state index in [0.717, 1.165) is 12.8 Å². The molecule has 2 aliphatic heterocycles. The number of carbonyl (C=O) groups is 1. The minimum atomic E-state index is -0.276. The number of carbonyl (C=O) groups excluding carboxylic acids is 1. The molecule has 3 aromatic rings. The summed E-state index contributed by atoms with van der Waals surface area (Å²) in [7, 11) is 0. The Morgan fingerprint density at radius 3 is 2.97 bits per heavy atom. The topological polar surface area (TPSA) is 89.1 Å². The molecule has 2 fully saturated rings. The van der Waals surface area contributed by atoms with Crippen LogP contribution < -0.4 is 10.9 Å². The van der Waals surface area contributed by atoms with E-state index in [1.807, 2.05) is 12.1 Å². The van der Waals surface area contributed by atoms with E-state index in [1.54, 1.807) is 41.6 Å². The number of hydrogen-bond donors (Lipinski definition) is 1. The largest absolute Gasteiger partial charge is 0.467 e. The number of amides is 1. The van der Waals surface area contributed by atoms with Crippen LogP contribution in [0, 0.1) is 0 Å². The highest BCUT2D eigenvalue weighted by Gasteiger charge is 2.35. The summed E-state index contributed by atoms with van der Waals surface area (Å²) in [5.74, 6) is 0.862. The maximum atomic E-state index is 13.3. The van der Waals surface area contributed by atoms with Crippen molar-refractivity contribution in [2.45, 2.75) is 25.5 Å². The van der Waals surface area contributed by atoms with Crippen LogP contribution in [0.1, 0.15) is 24.2 Å². The molecule has 0 aromatic carbocycles. The van der Waals surface area contributed by atoms with E-state index >= 15 is 0 Å². The van der Waals surface area contributed by atoms with Gasteiger partial charge in [0.25, 0.3) is 11.5 Å². The molecule has 3 aromatic heterocycles. The lowest BCUT2D eigenvalue weighted by Gasteiger charge is -2.18. The molecule has 0 saturated carbocycles. The fraction of sp³-hybridized carbons (Fsp3) is 0.273. The lowest BCUT2D eigenvalue weighted by atomic mass is 10.2. The van der Waals surface area contributed by atoms with Crippen LogP contribution in [0.25, 0.3) is 11.7 Å². The van der Waals surface area contributed by atoms with Crippen molar-refractivity contribution in [3.63, 3.8) is 0 Å². The normalized spacial score (nSPS) is 20.1. The van der Waals surface area contributed by atoms with Gasteiger partial charge in [0.15, 0.2) is 0 Å². The van der Waals surface area contributed by atoms with Gasteiger partial charge in [-0.2, -0.15) is 0 Å². The van der Waals surface area contributed by atoms with E-state index < -0.39 is 0 Å². The van der Waals surface area contributed by atoms with Crippen molar-refractivity contribution >= 4 is 51.7 Å². The summed E-state index contributed by atoms with van der Waals surface area (Å²) in [5, 5.41) is 3.17. The number of nitrogens with zero attached hydrogens (tertiary/aromatic N) is 3. The number of hydrogen-bond acceptors (Lipinski definition) is 8. The van der Waals surface area contributed by atoms with Crippen LogP contribution in [0.5, 0.6) is 0 Å². The number of thiocarbonyl (C=S) groups is 1. The molecule has 0 unspecified atom stereocenters. The number of pyridine rings is 1. The van der Waals surface area contributed by atoms with Gasteiger partial charge in [-0.1, -0.05) is 30.0 Å². The first kappa shape index (κ1) is 20.9. The number of aromatic nitrogens is 2. The van der Waals surface area contributed by atoms with E-state index in [0.29, 0.717) is 46.1 Å². The molecule has 0 spiro atoms. The standard InChI is InChI=1S/C22H20N4O4S2/c27-20-16(11-17-21(28)26(22(31)32-17)13-15-6-4-10-30-15)19(23-12-14-5-3-9-29-14)24-18-7-1-2-8-25(18)20/h1-3,5,7-9,11,15,23H,4,6,10,12-13H2/b17-11-/t15-/m1/s1. The number of thioether (sulfide) groups is 1. The third-order valence-electron chi connectivity index (χ3n) is 5.34. The van der Waals surface area contributed by atoms with Crippen LogP contribution in [-0.2, 0) is 16.1 Å². The molecule has 0 radical (unpaired) electrons. The molecule has 1 amide bonds. The smallest absolute Gasteiger partial charge is 0.267 e. The van der Waals surface area contributed by atoms with Crippen LogP contribution in [0.4, 0.5) is 5.82 Å². The van der Waals surface area contributed by atoms with Gasteiger partial charge in [-0.25, -0.2) is 4.98 Å². The molecule has 1 N–H and O–H groups in total. The quantitative estimate of drug-likeness (QED) is 0.436. The number of furan rings is 1. The molecule has 2 saturated heterocycles. The van der Waals surface area contributed by atoms with Crippen molar-refractivity contribution in [2.24, 2.45) is 0 Å². The third-order valence-corrected chi connectivity index (χ3v) is 6.72. The maximum absolute atomic E-state index is 13.3. The molecule has 5 rings (SSSR count). The Balaban J connectivity index is 1.50. The number of anilines is 1. The fourth-order valence-corrected chi connectivity index (χ4v) is 4.99. The predicted octanol–water partition coefficient (Wildman–Crippen LogP) is 3.28. The second kappa shape index (κ2) is 8.89. The van der Waals surface area contributed by atoms with E-state index in [9.17, 15) is 9.59 Å². The minimum absolute atomic E-state index is 0.00432. The molecule has 5 heterocycles. The second-order valence-corrected chi connectivity index (χ2v) is 9.14. The monoisotopic (exact) mass is 468 g/mol. The SMILES string of the molecule is O=C1/C(=C/c2c(NCc3ccco3)nc3ccccn3c2=O)SC(=S)N1C[C@H]1CCCO1. The molecule has 2 aliphatic rings. The summed E-state index contributed by atoms with van der Waals surface area (Å²) < 4.78 is 12.9. The van der Waals surface area contributed by atoms with Crippen LogP contribution in [0.2, 0.25) is 0 Å². The number of fused-ring (bicyclic) bond motifs is 1. The summed E-state index contributed by atoms with van der Waals surface area (Å²) in [6.07, 6.45) is 6.71. The first-order valence-electron chi connectivity index (χ1n) is 10.2. The summed E-state index contributed by atoms with van der Waals surface area (Å²) in [4.78, 5) is 32.9. The van der Waals surface area contributed by atoms with Crippen molar-refractivity contribution in [2.75, 3.05) is 18.5 Å². The highest BCUT2D eigenvalue weighted by Crippen LogP contribution is 2.34. The molecule has 0 aliphatic carbocycles. The van der Waals surface area contributed by atoms with Gasteiger partial charge in [-0.05, 0) is 43.2 Å². The van der Waals surface area contributed by atoms with Gasteiger partial charge in [0.2, 0.25) is 0 Å². The zero-order valence-electron chi connectivity index (χ0n) is 17.0. The van der Waals surface area contributed by atoms with Gasteiger partial charge < -0.3 is 14.5 Å². The average molecular weight is 469 g/mol. The summed E-state index contributed by atoms with van der Waals surface area (Å²) in [6.45, 7) is 1.49. The van der Waals surface area contributed by atoms with Crippen molar-refractivity contribution in [3.05, 3.63) is 69.4 Å². The number of rotatable bonds is 6. The molecule has 164 valence electrons. The second-order valence-electron chi connectivity index (χ2n) is 7.47. The van der Waals surface area contributed by atoms with Gasteiger partial charge in [0, 0.05) is 12.8 Å². The molecule has 1 atom stereocenters. The Kier molecular flexibility index (Phi) is 5.81. The highest BCUT2D eigenvalue weighted by atomic mass is 32.2. The fourth-order valence-electron chi connectivity index (χ4n) is 3.73.